The maximum Gasteiger partial charge on any atom is 0.220 e. The first-order chi connectivity index (χ1) is 9.78. The molecule has 0 atom stereocenters. The number of hydrogen-bond donors (Lipinski definition) is 1. The van der Waals surface area contributed by atoms with Crippen LogP contribution in [-0.4, -0.2) is 5.91 Å². The number of carbonyl (C=O) groups is 1. The molecule has 0 aromatic heterocycles. The van der Waals surface area contributed by atoms with Gasteiger partial charge in [-0.05, 0) is 36.2 Å². The van der Waals surface area contributed by atoms with Gasteiger partial charge >= 0.3 is 0 Å². The first kappa shape index (κ1) is 14.1. The molecule has 20 heavy (non-hydrogen) atoms. The summed E-state index contributed by atoms with van der Waals surface area (Å²) in [4.78, 5) is 11.4. The van der Waals surface area contributed by atoms with Crippen molar-refractivity contribution in [3.63, 3.8) is 0 Å². The zero-order valence-corrected chi connectivity index (χ0v) is 11.6. The molecule has 1 N–H and O–H groups in total. The predicted molar refractivity (Wildman–Crippen MR) is 79.7 cm³/mol. The summed E-state index contributed by atoms with van der Waals surface area (Å²) < 4.78 is 5.71. The highest BCUT2D eigenvalue weighted by Gasteiger charge is 2.00. The summed E-state index contributed by atoms with van der Waals surface area (Å²) in [6, 6.07) is 17.4. The minimum absolute atomic E-state index is 0.0945. The molecule has 0 aliphatic carbocycles. The SMILES string of the molecule is CCCC(=O)NCc1ccc(Oc2ccccc2)cc1. The van der Waals surface area contributed by atoms with E-state index in [1.54, 1.807) is 0 Å². The highest BCUT2D eigenvalue weighted by molar-refractivity contribution is 5.75. The molecule has 0 saturated carbocycles. The smallest absolute Gasteiger partial charge is 0.220 e. The van der Waals surface area contributed by atoms with E-state index in [1.165, 1.54) is 0 Å². The van der Waals surface area contributed by atoms with Crippen LogP contribution >= 0.6 is 0 Å². The molecule has 2 aromatic carbocycles. The molecular weight excluding hydrogens is 250 g/mol. The second-order valence-corrected chi connectivity index (χ2v) is 4.59. The summed E-state index contributed by atoms with van der Waals surface area (Å²) >= 11 is 0. The first-order valence-corrected chi connectivity index (χ1v) is 6.86. The van der Waals surface area contributed by atoms with Gasteiger partial charge in [0.15, 0.2) is 0 Å². The maximum atomic E-state index is 11.4. The average Bonchev–Trinajstić information content (AvgIpc) is 2.48. The zero-order chi connectivity index (χ0) is 14.2. The topological polar surface area (TPSA) is 38.3 Å². The number of rotatable bonds is 6. The van der Waals surface area contributed by atoms with E-state index in [2.05, 4.69) is 5.32 Å². The number of para-hydroxylation sites is 1. The van der Waals surface area contributed by atoms with Gasteiger partial charge < -0.3 is 10.1 Å². The van der Waals surface area contributed by atoms with Gasteiger partial charge in [-0.25, -0.2) is 0 Å². The van der Waals surface area contributed by atoms with Crippen molar-refractivity contribution in [3.8, 4) is 11.5 Å². The van der Waals surface area contributed by atoms with Gasteiger partial charge in [0.1, 0.15) is 11.5 Å². The van der Waals surface area contributed by atoms with Crippen LogP contribution in [0.15, 0.2) is 54.6 Å². The van der Waals surface area contributed by atoms with Gasteiger partial charge in [-0.15, -0.1) is 0 Å². The van der Waals surface area contributed by atoms with Crippen LogP contribution in [0.1, 0.15) is 25.3 Å². The largest absolute Gasteiger partial charge is 0.457 e. The van der Waals surface area contributed by atoms with Crippen molar-refractivity contribution in [2.24, 2.45) is 0 Å². The van der Waals surface area contributed by atoms with Gasteiger partial charge in [0, 0.05) is 13.0 Å². The molecule has 0 aliphatic rings. The summed E-state index contributed by atoms with van der Waals surface area (Å²) in [7, 11) is 0. The van der Waals surface area contributed by atoms with E-state index in [0.29, 0.717) is 13.0 Å². The molecule has 3 heteroatoms. The molecule has 0 fully saturated rings. The number of amides is 1. The highest BCUT2D eigenvalue weighted by Crippen LogP contribution is 2.20. The maximum absolute atomic E-state index is 11.4. The number of benzene rings is 2. The standard InChI is InChI=1S/C17H19NO2/c1-2-6-17(19)18-13-14-9-11-16(12-10-14)20-15-7-4-3-5-8-15/h3-5,7-12H,2,6,13H2,1H3,(H,18,19). The van der Waals surface area contributed by atoms with Crippen molar-refractivity contribution in [2.75, 3.05) is 0 Å². The van der Waals surface area contributed by atoms with E-state index < -0.39 is 0 Å². The number of nitrogens with one attached hydrogen (secondary N) is 1. The van der Waals surface area contributed by atoms with E-state index in [4.69, 9.17) is 4.74 Å². The fraction of sp³-hybridized carbons (Fsp3) is 0.235. The summed E-state index contributed by atoms with van der Waals surface area (Å²) in [6.07, 6.45) is 1.45. The molecule has 0 aliphatic heterocycles. The van der Waals surface area contributed by atoms with Crippen molar-refractivity contribution in [2.45, 2.75) is 26.3 Å². The van der Waals surface area contributed by atoms with E-state index in [-0.39, 0.29) is 5.91 Å². The lowest BCUT2D eigenvalue weighted by Crippen LogP contribution is -2.21. The number of carbonyl (C=O) groups excluding carboxylic acids is 1. The van der Waals surface area contributed by atoms with Gasteiger partial charge in [-0.3, -0.25) is 4.79 Å². The molecule has 0 spiro atoms. The monoisotopic (exact) mass is 269 g/mol. The molecule has 3 nitrogen and oxygen atoms in total. The van der Waals surface area contributed by atoms with Crippen molar-refractivity contribution in [3.05, 3.63) is 60.2 Å². The van der Waals surface area contributed by atoms with Gasteiger partial charge in [0.2, 0.25) is 5.91 Å². The van der Waals surface area contributed by atoms with Gasteiger partial charge in [-0.1, -0.05) is 37.3 Å². The first-order valence-electron chi connectivity index (χ1n) is 6.86. The second-order valence-electron chi connectivity index (χ2n) is 4.59. The van der Waals surface area contributed by atoms with Crippen LogP contribution in [0.3, 0.4) is 0 Å². The Bertz CT molecular complexity index is 535. The van der Waals surface area contributed by atoms with E-state index in [0.717, 1.165) is 23.5 Å². The summed E-state index contributed by atoms with van der Waals surface area (Å²) in [5.74, 6) is 1.70. The van der Waals surface area contributed by atoms with Crippen LogP contribution in [0, 0.1) is 0 Å². The molecule has 0 unspecified atom stereocenters. The highest BCUT2D eigenvalue weighted by atomic mass is 16.5. The molecule has 1 amide bonds. The molecule has 0 bridgehead atoms. The Hall–Kier alpha value is -2.29. The average molecular weight is 269 g/mol. The van der Waals surface area contributed by atoms with E-state index in [1.807, 2.05) is 61.5 Å². The lowest BCUT2D eigenvalue weighted by atomic mass is 10.2. The van der Waals surface area contributed by atoms with Crippen LogP contribution in [0.25, 0.3) is 0 Å². The lowest BCUT2D eigenvalue weighted by molar-refractivity contribution is -0.121. The van der Waals surface area contributed by atoms with Crippen LogP contribution in [0.5, 0.6) is 11.5 Å². The third-order valence-corrected chi connectivity index (χ3v) is 2.87. The quantitative estimate of drug-likeness (QED) is 0.863. The third-order valence-electron chi connectivity index (χ3n) is 2.87. The van der Waals surface area contributed by atoms with Crippen LogP contribution in [0.2, 0.25) is 0 Å². The van der Waals surface area contributed by atoms with Crippen LogP contribution < -0.4 is 10.1 Å². The van der Waals surface area contributed by atoms with Crippen molar-refractivity contribution in [1.82, 2.24) is 5.32 Å². The zero-order valence-electron chi connectivity index (χ0n) is 11.6. The molecule has 2 aromatic rings. The number of ether oxygens (including phenoxy) is 1. The van der Waals surface area contributed by atoms with Gasteiger partial charge in [0.05, 0.1) is 0 Å². The second kappa shape index (κ2) is 7.34. The van der Waals surface area contributed by atoms with E-state index in [9.17, 15) is 4.79 Å². The lowest BCUT2D eigenvalue weighted by Gasteiger charge is -2.07. The van der Waals surface area contributed by atoms with Crippen LogP contribution in [-0.2, 0) is 11.3 Å². The molecule has 104 valence electrons. The Labute approximate surface area is 119 Å². The molecule has 0 heterocycles. The molecule has 0 radical (unpaired) electrons. The van der Waals surface area contributed by atoms with E-state index >= 15 is 0 Å². The van der Waals surface area contributed by atoms with Gasteiger partial charge in [-0.2, -0.15) is 0 Å². The minimum atomic E-state index is 0.0945. The Kier molecular flexibility index (Phi) is 5.18. The Balaban J connectivity index is 1.88. The minimum Gasteiger partial charge on any atom is -0.457 e. The Morgan fingerprint density at radius 2 is 1.65 bits per heavy atom. The fourth-order valence-electron chi connectivity index (χ4n) is 1.82. The van der Waals surface area contributed by atoms with Gasteiger partial charge in [0.25, 0.3) is 0 Å². The summed E-state index contributed by atoms with van der Waals surface area (Å²) in [5.41, 5.74) is 1.06. The third kappa shape index (κ3) is 4.43. The van der Waals surface area contributed by atoms with Crippen molar-refractivity contribution in [1.29, 1.82) is 0 Å². The summed E-state index contributed by atoms with van der Waals surface area (Å²) in [5, 5.41) is 2.89. The van der Waals surface area contributed by atoms with Crippen molar-refractivity contribution >= 4 is 5.91 Å². The Morgan fingerprint density at radius 1 is 1.00 bits per heavy atom. The molecule has 2 rings (SSSR count). The molecular formula is C17H19NO2. The normalized spacial score (nSPS) is 10.1. The predicted octanol–water partition coefficient (Wildman–Crippen LogP) is 3.90. The Morgan fingerprint density at radius 3 is 2.30 bits per heavy atom. The van der Waals surface area contributed by atoms with Crippen LogP contribution in [0.4, 0.5) is 0 Å². The fourth-order valence-corrected chi connectivity index (χ4v) is 1.82. The number of hydrogen-bond acceptors (Lipinski definition) is 2. The molecule has 0 saturated heterocycles. The van der Waals surface area contributed by atoms with Crippen molar-refractivity contribution < 1.29 is 9.53 Å². The summed E-state index contributed by atoms with van der Waals surface area (Å²) in [6.45, 7) is 2.56.